The number of allylic oxidation sites excluding steroid dienone is 2. The second-order valence-electron chi connectivity index (χ2n) is 7.50. The highest BCUT2D eigenvalue weighted by atomic mass is 16.4. The van der Waals surface area contributed by atoms with E-state index < -0.39 is 17.8 Å². The summed E-state index contributed by atoms with van der Waals surface area (Å²) in [6.07, 6.45) is 1.80. The van der Waals surface area contributed by atoms with E-state index in [0.29, 0.717) is 0 Å². The van der Waals surface area contributed by atoms with Crippen LogP contribution in [-0.2, 0) is 9.59 Å². The first-order valence-corrected chi connectivity index (χ1v) is 8.59. The Morgan fingerprint density at radius 3 is 2.04 bits per heavy atom. The summed E-state index contributed by atoms with van der Waals surface area (Å²) in [5, 5.41) is 12.7. The van der Waals surface area contributed by atoms with Crippen molar-refractivity contribution >= 4 is 17.6 Å². The van der Waals surface area contributed by atoms with Crippen LogP contribution in [0.4, 0.5) is 5.69 Å². The summed E-state index contributed by atoms with van der Waals surface area (Å²) in [6, 6.07) is 5.90. The molecule has 4 nitrogen and oxygen atoms in total. The molecule has 1 amide bonds. The number of fused-ring (bicyclic) bond motifs is 2. The number of anilines is 1. The Balaban J connectivity index is 1.91. The lowest BCUT2D eigenvalue weighted by atomic mass is 9.78. The number of rotatable bonds is 3. The van der Waals surface area contributed by atoms with E-state index in [-0.39, 0.29) is 17.7 Å². The average Bonchev–Trinajstić information content (AvgIpc) is 3.01. The van der Waals surface area contributed by atoms with Crippen LogP contribution in [0.25, 0.3) is 0 Å². The van der Waals surface area contributed by atoms with Gasteiger partial charge in [-0.2, -0.15) is 0 Å². The summed E-state index contributed by atoms with van der Waals surface area (Å²) in [5.41, 5.74) is 5.30. The lowest BCUT2D eigenvalue weighted by Crippen LogP contribution is -2.37. The lowest BCUT2D eigenvalue weighted by molar-refractivity contribution is -0.148. The van der Waals surface area contributed by atoms with Crippen molar-refractivity contribution in [3.8, 4) is 0 Å². The second kappa shape index (κ2) is 6.08. The number of carboxylic acid groups (broad SMARTS) is 1. The number of hydrogen-bond acceptors (Lipinski definition) is 2. The van der Waals surface area contributed by atoms with Crippen LogP contribution < -0.4 is 5.32 Å². The van der Waals surface area contributed by atoms with E-state index in [9.17, 15) is 14.7 Å². The van der Waals surface area contributed by atoms with E-state index in [4.69, 9.17) is 0 Å². The van der Waals surface area contributed by atoms with Gasteiger partial charge in [0.25, 0.3) is 0 Å². The molecule has 128 valence electrons. The Morgan fingerprint density at radius 1 is 1.00 bits per heavy atom. The van der Waals surface area contributed by atoms with Gasteiger partial charge in [0.05, 0.1) is 11.8 Å². The van der Waals surface area contributed by atoms with Crippen molar-refractivity contribution in [2.75, 3.05) is 5.32 Å². The average molecular weight is 327 g/mol. The third-order valence-electron chi connectivity index (χ3n) is 5.50. The Bertz CT molecular complexity index is 710. The molecule has 0 heterocycles. The maximum absolute atomic E-state index is 12.9. The fourth-order valence-corrected chi connectivity index (χ4v) is 4.88. The molecule has 0 aliphatic heterocycles. The quantitative estimate of drug-likeness (QED) is 0.827. The molecule has 24 heavy (non-hydrogen) atoms. The van der Waals surface area contributed by atoms with Gasteiger partial charge >= 0.3 is 5.97 Å². The van der Waals surface area contributed by atoms with Crippen LogP contribution in [0.2, 0.25) is 0 Å². The molecule has 0 unspecified atom stereocenters. The molecule has 2 N–H and O–H groups in total. The molecule has 3 rings (SSSR count). The van der Waals surface area contributed by atoms with Crippen molar-refractivity contribution in [3.63, 3.8) is 0 Å². The zero-order valence-electron chi connectivity index (χ0n) is 14.7. The number of carbonyl (C=O) groups excluding carboxylic acids is 1. The first-order chi connectivity index (χ1) is 11.3. The molecule has 2 bridgehead atoms. The molecule has 2 aliphatic rings. The number of aliphatic carboxylic acids is 1. The van der Waals surface area contributed by atoms with Gasteiger partial charge in [-0.25, -0.2) is 0 Å². The molecule has 0 spiro atoms. The molecule has 4 heteroatoms. The molecular formula is C20H25NO3. The summed E-state index contributed by atoms with van der Waals surface area (Å²) < 4.78 is 0. The normalized spacial score (nSPS) is 28.1. The highest BCUT2D eigenvalue weighted by Gasteiger charge is 2.57. The fourth-order valence-electron chi connectivity index (χ4n) is 4.88. The Hall–Kier alpha value is -2.10. The first kappa shape index (κ1) is 16.7. The largest absolute Gasteiger partial charge is 0.481 e. The molecule has 2 saturated carbocycles. The van der Waals surface area contributed by atoms with Crippen molar-refractivity contribution in [2.45, 2.75) is 40.5 Å². The van der Waals surface area contributed by atoms with Gasteiger partial charge in [0, 0.05) is 5.69 Å². The summed E-state index contributed by atoms with van der Waals surface area (Å²) in [7, 11) is 0. The van der Waals surface area contributed by atoms with Gasteiger partial charge in [-0.05, 0) is 75.6 Å². The topological polar surface area (TPSA) is 66.4 Å². The second-order valence-corrected chi connectivity index (χ2v) is 7.50. The SMILES string of the molecule is CC(C)=C1[C@@H]2CC[C@@H]1[C@@H](C(=O)Nc1cc(C)cc(C)c1)[C@@H]2C(=O)O. The molecule has 1 aromatic rings. The third-order valence-corrected chi connectivity index (χ3v) is 5.50. The van der Waals surface area contributed by atoms with E-state index in [1.165, 1.54) is 11.1 Å². The van der Waals surface area contributed by atoms with Crippen molar-refractivity contribution in [2.24, 2.45) is 23.7 Å². The molecule has 4 atom stereocenters. The zero-order chi connectivity index (χ0) is 17.6. The predicted octanol–water partition coefficient (Wildman–Crippen LogP) is 3.94. The zero-order valence-corrected chi connectivity index (χ0v) is 14.7. The van der Waals surface area contributed by atoms with Crippen molar-refractivity contribution in [1.29, 1.82) is 0 Å². The number of nitrogens with one attached hydrogen (secondary N) is 1. The third kappa shape index (κ3) is 2.74. The highest BCUT2D eigenvalue weighted by Crippen LogP contribution is 2.57. The molecule has 2 aliphatic carbocycles. The minimum atomic E-state index is -0.846. The van der Waals surface area contributed by atoms with Crippen LogP contribution >= 0.6 is 0 Å². The molecule has 2 fully saturated rings. The van der Waals surface area contributed by atoms with Crippen LogP contribution in [-0.4, -0.2) is 17.0 Å². The summed E-state index contributed by atoms with van der Waals surface area (Å²) in [4.78, 5) is 24.7. The Labute approximate surface area is 143 Å². The van der Waals surface area contributed by atoms with Gasteiger partial charge in [-0.15, -0.1) is 0 Å². The summed E-state index contributed by atoms with van der Waals surface area (Å²) in [5.74, 6) is -1.97. The molecule has 0 aromatic heterocycles. The van der Waals surface area contributed by atoms with Crippen molar-refractivity contribution in [3.05, 3.63) is 40.5 Å². The fraction of sp³-hybridized carbons (Fsp3) is 0.500. The minimum absolute atomic E-state index is 0.0208. The Kier molecular flexibility index (Phi) is 4.24. The van der Waals surface area contributed by atoms with Crippen LogP contribution in [0, 0.1) is 37.5 Å². The van der Waals surface area contributed by atoms with E-state index in [1.54, 1.807) is 0 Å². The first-order valence-electron chi connectivity index (χ1n) is 8.59. The number of carbonyl (C=O) groups is 2. The summed E-state index contributed by atoms with van der Waals surface area (Å²) in [6.45, 7) is 8.04. The maximum Gasteiger partial charge on any atom is 0.307 e. The van der Waals surface area contributed by atoms with Gasteiger partial charge in [0.1, 0.15) is 0 Å². The van der Waals surface area contributed by atoms with Crippen LogP contribution in [0.1, 0.15) is 37.8 Å². The summed E-state index contributed by atoms with van der Waals surface area (Å²) >= 11 is 0. The van der Waals surface area contributed by atoms with Crippen molar-refractivity contribution < 1.29 is 14.7 Å². The number of benzene rings is 1. The van der Waals surface area contributed by atoms with Crippen LogP contribution in [0.15, 0.2) is 29.3 Å². The van der Waals surface area contributed by atoms with E-state index in [2.05, 4.69) is 11.4 Å². The molecule has 0 saturated heterocycles. The monoisotopic (exact) mass is 327 g/mol. The van der Waals surface area contributed by atoms with E-state index >= 15 is 0 Å². The lowest BCUT2D eigenvalue weighted by Gasteiger charge is -2.26. The van der Waals surface area contributed by atoms with E-state index in [0.717, 1.165) is 29.7 Å². The number of aryl methyl sites for hydroxylation is 2. The molecular weight excluding hydrogens is 302 g/mol. The smallest absolute Gasteiger partial charge is 0.307 e. The molecule has 0 radical (unpaired) electrons. The van der Waals surface area contributed by atoms with Crippen LogP contribution in [0.3, 0.4) is 0 Å². The standard InChI is InChI=1S/C20H25NO3/c1-10(2)16-14-5-6-15(16)18(20(23)24)17(14)19(22)21-13-8-11(3)7-12(4)9-13/h7-9,14-15,17-18H,5-6H2,1-4H3,(H,21,22)(H,23,24)/t14-,15-,17+,18+/m0/s1. The van der Waals surface area contributed by atoms with Gasteiger partial charge in [-0.3, -0.25) is 9.59 Å². The maximum atomic E-state index is 12.9. The van der Waals surface area contributed by atoms with E-state index in [1.807, 2.05) is 39.8 Å². The van der Waals surface area contributed by atoms with Gasteiger partial charge < -0.3 is 10.4 Å². The Morgan fingerprint density at radius 2 is 1.54 bits per heavy atom. The molecule has 1 aromatic carbocycles. The van der Waals surface area contributed by atoms with Crippen molar-refractivity contribution in [1.82, 2.24) is 0 Å². The minimum Gasteiger partial charge on any atom is -0.481 e. The van der Waals surface area contributed by atoms with Gasteiger partial charge in [-0.1, -0.05) is 17.2 Å². The number of amides is 1. The number of carboxylic acids is 1. The van der Waals surface area contributed by atoms with Gasteiger partial charge in [0.2, 0.25) is 5.91 Å². The highest BCUT2D eigenvalue weighted by molar-refractivity contribution is 5.96. The predicted molar refractivity (Wildman–Crippen MR) is 93.7 cm³/mol. The van der Waals surface area contributed by atoms with Crippen LogP contribution in [0.5, 0.6) is 0 Å². The van der Waals surface area contributed by atoms with Gasteiger partial charge in [0.15, 0.2) is 0 Å². The number of hydrogen-bond donors (Lipinski definition) is 2.